The SMILES string of the molecule is Fc1cccc(O[C@H](c2ccccc2)C2CCOCC2)c1. The van der Waals surface area contributed by atoms with E-state index in [1.165, 1.54) is 12.1 Å². The molecular formula is C18H19FO2. The van der Waals surface area contributed by atoms with Crippen LogP contribution in [-0.4, -0.2) is 13.2 Å². The molecule has 1 aliphatic rings. The predicted octanol–water partition coefficient (Wildman–Crippen LogP) is 4.37. The van der Waals surface area contributed by atoms with Crippen molar-refractivity contribution < 1.29 is 13.9 Å². The Bertz CT molecular complexity index is 564. The molecule has 1 heterocycles. The summed E-state index contributed by atoms with van der Waals surface area (Å²) < 4.78 is 24.9. The first kappa shape index (κ1) is 14.1. The number of ether oxygens (including phenoxy) is 2. The second-order valence-electron chi connectivity index (χ2n) is 5.36. The second kappa shape index (κ2) is 6.72. The largest absolute Gasteiger partial charge is 0.485 e. The van der Waals surface area contributed by atoms with Crippen LogP contribution < -0.4 is 4.74 Å². The molecule has 0 radical (unpaired) electrons. The Hall–Kier alpha value is -1.87. The third-order valence-corrected chi connectivity index (χ3v) is 3.88. The normalized spacial score (nSPS) is 17.4. The summed E-state index contributed by atoms with van der Waals surface area (Å²) in [5.74, 6) is 0.700. The Morgan fingerprint density at radius 2 is 1.76 bits per heavy atom. The number of rotatable bonds is 4. The topological polar surface area (TPSA) is 18.5 Å². The minimum absolute atomic E-state index is 0.0584. The molecule has 3 rings (SSSR count). The summed E-state index contributed by atoms with van der Waals surface area (Å²) in [6.45, 7) is 1.53. The molecule has 0 aromatic heterocycles. The van der Waals surface area contributed by atoms with Gasteiger partial charge >= 0.3 is 0 Å². The Morgan fingerprint density at radius 1 is 1.00 bits per heavy atom. The number of hydrogen-bond donors (Lipinski definition) is 0. The lowest BCUT2D eigenvalue weighted by atomic mass is 9.89. The summed E-state index contributed by atoms with van der Waals surface area (Å²) in [6, 6.07) is 16.5. The molecule has 0 N–H and O–H groups in total. The van der Waals surface area contributed by atoms with Crippen LogP contribution in [0, 0.1) is 11.7 Å². The van der Waals surface area contributed by atoms with Crippen LogP contribution in [0.3, 0.4) is 0 Å². The molecule has 1 fully saturated rings. The van der Waals surface area contributed by atoms with E-state index < -0.39 is 0 Å². The van der Waals surface area contributed by atoms with E-state index in [0.29, 0.717) is 11.7 Å². The Balaban J connectivity index is 1.85. The predicted molar refractivity (Wildman–Crippen MR) is 79.8 cm³/mol. The highest BCUT2D eigenvalue weighted by Gasteiger charge is 2.27. The van der Waals surface area contributed by atoms with Gasteiger partial charge in [0, 0.05) is 25.2 Å². The fourth-order valence-corrected chi connectivity index (χ4v) is 2.78. The quantitative estimate of drug-likeness (QED) is 0.830. The third kappa shape index (κ3) is 3.61. The van der Waals surface area contributed by atoms with Gasteiger partial charge in [0.05, 0.1) is 0 Å². The van der Waals surface area contributed by atoms with Crippen molar-refractivity contribution in [2.45, 2.75) is 18.9 Å². The summed E-state index contributed by atoms with van der Waals surface area (Å²) in [7, 11) is 0. The summed E-state index contributed by atoms with van der Waals surface area (Å²) in [5.41, 5.74) is 1.13. The fraction of sp³-hybridized carbons (Fsp3) is 0.333. The molecule has 1 saturated heterocycles. The lowest BCUT2D eigenvalue weighted by Gasteiger charge is -2.31. The maximum atomic E-state index is 13.4. The van der Waals surface area contributed by atoms with Gasteiger partial charge in [-0.2, -0.15) is 0 Å². The van der Waals surface area contributed by atoms with Crippen LogP contribution >= 0.6 is 0 Å². The van der Waals surface area contributed by atoms with Gasteiger partial charge in [-0.15, -0.1) is 0 Å². The van der Waals surface area contributed by atoms with Crippen LogP contribution in [0.5, 0.6) is 5.75 Å². The van der Waals surface area contributed by atoms with Crippen molar-refractivity contribution >= 4 is 0 Å². The van der Waals surface area contributed by atoms with E-state index in [1.807, 2.05) is 18.2 Å². The molecule has 110 valence electrons. The molecule has 2 nitrogen and oxygen atoms in total. The van der Waals surface area contributed by atoms with E-state index in [-0.39, 0.29) is 11.9 Å². The van der Waals surface area contributed by atoms with E-state index in [2.05, 4.69) is 12.1 Å². The second-order valence-corrected chi connectivity index (χ2v) is 5.36. The van der Waals surface area contributed by atoms with E-state index >= 15 is 0 Å². The van der Waals surface area contributed by atoms with E-state index in [4.69, 9.17) is 9.47 Å². The number of hydrogen-bond acceptors (Lipinski definition) is 2. The molecule has 1 atom stereocenters. The zero-order valence-corrected chi connectivity index (χ0v) is 11.9. The molecule has 2 aromatic rings. The van der Waals surface area contributed by atoms with Gasteiger partial charge in [-0.1, -0.05) is 36.4 Å². The van der Waals surface area contributed by atoms with Crippen LogP contribution in [0.25, 0.3) is 0 Å². The number of halogens is 1. The van der Waals surface area contributed by atoms with Crippen molar-refractivity contribution in [2.75, 3.05) is 13.2 Å². The molecule has 0 spiro atoms. The monoisotopic (exact) mass is 286 g/mol. The molecule has 2 aromatic carbocycles. The zero-order valence-electron chi connectivity index (χ0n) is 11.9. The Morgan fingerprint density at radius 3 is 2.48 bits per heavy atom. The molecule has 0 saturated carbocycles. The lowest BCUT2D eigenvalue weighted by Crippen LogP contribution is -2.25. The minimum atomic E-state index is -0.272. The molecule has 0 unspecified atom stereocenters. The van der Waals surface area contributed by atoms with Gasteiger partial charge in [0.25, 0.3) is 0 Å². The van der Waals surface area contributed by atoms with Crippen LogP contribution in [-0.2, 0) is 4.74 Å². The molecule has 1 aliphatic heterocycles. The van der Waals surface area contributed by atoms with Crippen molar-refractivity contribution in [2.24, 2.45) is 5.92 Å². The van der Waals surface area contributed by atoms with Crippen LogP contribution in [0.15, 0.2) is 54.6 Å². The van der Waals surface area contributed by atoms with Gasteiger partial charge in [-0.05, 0) is 30.5 Å². The van der Waals surface area contributed by atoms with Crippen LogP contribution in [0.4, 0.5) is 4.39 Å². The molecule has 3 heteroatoms. The summed E-state index contributed by atoms with van der Waals surface area (Å²) in [6.07, 6.45) is 1.88. The van der Waals surface area contributed by atoms with Crippen molar-refractivity contribution in [3.63, 3.8) is 0 Å². The van der Waals surface area contributed by atoms with Crippen molar-refractivity contribution in [3.8, 4) is 5.75 Å². The molecule has 21 heavy (non-hydrogen) atoms. The van der Waals surface area contributed by atoms with E-state index in [0.717, 1.165) is 31.6 Å². The van der Waals surface area contributed by atoms with Crippen LogP contribution in [0.2, 0.25) is 0 Å². The first-order chi connectivity index (χ1) is 10.3. The first-order valence-electron chi connectivity index (χ1n) is 7.38. The Kier molecular flexibility index (Phi) is 4.51. The maximum absolute atomic E-state index is 13.4. The van der Waals surface area contributed by atoms with Crippen LogP contribution in [0.1, 0.15) is 24.5 Å². The van der Waals surface area contributed by atoms with Gasteiger partial charge in [-0.25, -0.2) is 4.39 Å². The lowest BCUT2D eigenvalue weighted by molar-refractivity contribution is 0.0170. The van der Waals surface area contributed by atoms with Crippen molar-refractivity contribution in [3.05, 3.63) is 66.0 Å². The Labute approximate surface area is 124 Å². The highest BCUT2D eigenvalue weighted by Crippen LogP contribution is 2.34. The maximum Gasteiger partial charge on any atom is 0.127 e. The molecular weight excluding hydrogens is 267 g/mol. The summed E-state index contributed by atoms with van der Waals surface area (Å²) in [4.78, 5) is 0. The summed E-state index contributed by atoms with van der Waals surface area (Å²) >= 11 is 0. The molecule has 0 aliphatic carbocycles. The van der Waals surface area contributed by atoms with Crippen molar-refractivity contribution in [1.29, 1.82) is 0 Å². The average Bonchev–Trinajstić information content (AvgIpc) is 2.54. The highest BCUT2D eigenvalue weighted by atomic mass is 19.1. The first-order valence-corrected chi connectivity index (χ1v) is 7.38. The number of benzene rings is 2. The average molecular weight is 286 g/mol. The van der Waals surface area contributed by atoms with Gasteiger partial charge in [0.15, 0.2) is 0 Å². The van der Waals surface area contributed by atoms with E-state index in [1.54, 1.807) is 12.1 Å². The smallest absolute Gasteiger partial charge is 0.127 e. The van der Waals surface area contributed by atoms with Gasteiger partial charge in [0.2, 0.25) is 0 Å². The third-order valence-electron chi connectivity index (χ3n) is 3.88. The fourth-order valence-electron chi connectivity index (χ4n) is 2.78. The van der Waals surface area contributed by atoms with Crippen molar-refractivity contribution in [1.82, 2.24) is 0 Å². The zero-order chi connectivity index (χ0) is 14.5. The standard InChI is InChI=1S/C18H19FO2/c19-16-7-4-8-17(13-16)21-18(14-5-2-1-3-6-14)15-9-11-20-12-10-15/h1-8,13,15,18H,9-12H2/t18-/m1/s1. The van der Waals surface area contributed by atoms with Gasteiger partial charge in [0.1, 0.15) is 17.7 Å². The van der Waals surface area contributed by atoms with Gasteiger partial charge < -0.3 is 9.47 Å². The minimum Gasteiger partial charge on any atom is -0.485 e. The van der Waals surface area contributed by atoms with Gasteiger partial charge in [-0.3, -0.25) is 0 Å². The summed E-state index contributed by atoms with van der Waals surface area (Å²) in [5, 5.41) is 0. The highest BCUT2D eigenvalue weighted by molar-refractivity contribution is 5.25. The molecule has 0 amide bonds. The van der Waals surface area contributed by atoms with E-state index in [9.17, 15) is 4.39 Å². The molecule has 0 bridgehead atoms.